The molecule has 17 heavy (non-hydrogen) atoms. The zero-order valence-corrected chi connectivity index (χ0v) is 9.76. The summed E-state index contributed by atoms with van der Waals surface area (Å²) in [5.74, 6) is -0.0383. The summed E-state index contributed by atoms with van der Waals surface area (Å²) in [7, 11) is 0. The maximum Gasteiger partial charge on any atom is 0.227 e. The number of hydrogen-bond donors (Lipinski definition) is 2. The Balaban J connectivity index is 2.60. The van der Waals surface area contributed by atoms with Crippen LogP contribution in [-0.4, -0.2) is 22.2 Å². The number of nitrogens with two attached hydrogens (primary N) is 1. The van der Waals surface area contributed by atoms with Gasteiger partial charge in [-0.05, 0) is 18.1 Å². The van der Waals surface area contributed by atoms with Gasteiger partial charge in [-0.1, -0.05) is 18.2 Å². The molecule has 4 heteroatoms. The Morgan fingerprint density at radius 3 is 2.82 bits per heavy atom. The van der Waals surface area contributed by atoms with Crippen molar-refractivity contribution in [2.45, 2.75) is 19.4 Å². The van der Waals surface area contributed by atoms with Gasteiger partial charge in [0.1, 0.15) is 0 Å². The fraction of sp³-hybridized carbons (Fsp3) is 0.308. The Labute approximate surface area is 99.7 Å². The second-order valence-corrected chi connectivity index (χ2v) is 4.11. The predicted molar refractivity (Wildman–Crippen MR) is 66.9 cm³/mol. The number of aliphatic hydroxyl groups excluding tert-OH is 1. The molecule has 0 aliphatic heterocycles. The summed E-state index contributed by atoms with van der Waals surface area (Å²) in [6.45, 7) is 1.56. The first-order chi connectivity index (χ1) is 8.15. The molecule has 0 aliphatic carbocycles. The zero-order valence-electron chi connectivity index (χ0n) is 9.76. The van der Waals surface area contributed by atoms with Crippen LogP contribution in [0.4, 0.5) is 0 Å². The number of nitrogens with zero attached hydrogens (tertiary/aromatic N) is 1. The number of aromatic nitrogens is 1. The molecule has 0 bridgehead atoms. The van der Waals surface area contributed by atoms with Crippen molar-refractivity contribution < 1.29 is 9.90 Å². The molecule has 0 saturated heterocycles. The summed E-state index contributed by atoms with van der Waals surface area (Å²) in [5, 5.41) is 9.91. The number of hydrogen-bond acceptors (Lipinski definition) is 3. The van der Waals surface area contributed by atoms with Gasteiger partial charge in [-0.25, -0.2) is 0 Å². The molecule has 0 saturated carbocycles. The van der Waals surface area contributed by atoms with Crippen LogP contribution in [0.3, 0.4) is 0 Å². The van der Waals surface area contributed by atoms with E-state index in [1.807, 2.05) is 24.3 Å². The molecule has 0 amide bonds. The lowest BCUT2D eigenvalue weighted by Crippen LogP contribution is -2.11. The van der Waals surface area contributed by atoms with Crippen LogP contribution in [-0.2, 0) is 0 Å². The van der Waals surface area contributed by atoms with Crippen LogP contribution in [0.5, 0.6) is 0 Å². The Bertz CT molecular complexity index is 545. The maximum atomic E-state index is 11.5. The number of carbonyl (C=O) groups excluding carboxylic acids is 1. The number of para-hydroxylation sites is 1. The fourth-order valence-corrected chi connectivity index (χ4v) is 2.06. The van der Waals surface area contributed by atoms with Crippen LogP contribution in [0.25, 0.3) is 10.9 Å². The number of aliphatic hydroxyl groups is 1. The predicted octanol–water partition coefficient (Wildman–Crippen LogP) is 1.68. The molecule has 0 radical (unpaired) electrons. The molecule has 1 aromatic heterocycles. The Morgan fingerprint density at radius 2 is 2.18 bits per heavy atom. The molecule has 1 atom stereocenters. The van der Waals surface area contributed by atoms with Crippen LogP contribution in [0.2, 0.25) is 0 Å². The lowest BCUT2D eigenvalue weighted by atomic mass is 10.0. The summed E-state index contributed by atoms with van der Waals surface area (Å²) in [5.41, 5.74) is 7.77. The molecule has 0 fully saturated rings. The van der Waals surface area contributed by atoms with Crippen molar-refractivity contribution in [3.63, 3.8) is 0 Å². The summed E-state index contributed by atoms with van der Waals surface area (Å²) >= 11 is 0. The van der Waals surface area contributed by atoms with Crippen molar-refractivity contribution >= 4 is 16.8 Å². The van der Waals surface area contributed by atoms with Crippen LogP contribution < -0.4 is 5.73 Å². The smallest absolute Gasteiger partial charge is 0.227 e. The van der Waals surface area contributed by atoms with E-state index >= 15 is 0 Å². The van der Waals surface area contributed by atoms with Gasteiger partial charge in [0.25, 0.3) is 0 Å². The first-order valence-electron chi connectivity index (χ1n) is 5.62. The zero-order chi connectivity index (χ0) is 12.4. The topological polar surface area (TPSA) is 68.2 Å². The van der Waals surface area contributed by atoms with E-state index in [4.69, 9.17) is 10.8 Å². The minimum absolute atomic E-state index is 0.0383. The van der Waals surface area contributed by atoms with Gasteiger partial charge in [0.15, 0.2) is 0 Å². The van der Waals surface area contributed by atoms with Gasteiger partial charge in [0, 0.05) is 31.2 Å². The van der Waals surface area contributed by atoms with Gasteiger partial charge in [0.2, 0.25) is 5.91 Å². The van der Waals surface area contributed by atoms with Crippen molar-refractivity contribution in [1.82, 2.24) is 4.57 Å². The van der Waals surface area contributed by atoms with E-state index in [9.17, 15) is 4.79 Å². The molecule has 0 unspecified atom stereocenters. The average Bonchev–Trinajstić information content (AvgIpc) is 2.69. The first kappa shape index (κ1) is 11.8. The van der Waals surface area contributed by atoms with Crippen LogP contribution in [0.1, 0.15) is 29.7 Å². The van der Waals surface area contributed by atoms with Gasteiger partial charge < -0.3 is 10.8 Å². The van der Waals surface area contributed by atoms with E-state index in [1.54, 1.807) is 10.8 Å². The third-order valence-corrected chi connectivity index (χ3v) is 2.92. The Morgan fingerprint density at radius 1 is 1.47 bits per heavy atom. The van der Waals surface area contributed by atoms with Crippen LogP contribution in [0.15, 0.2) is 30.5 Å². The van der Waals surface area contributed by atoms with E-state index in [-0.39, 0.29) is 18.6 Å². The molecule has 90 valence electrons. The van der Waals surface area contributed by atoms with Crippen molar-refractivity contribution in [1.29, 1.82) is 0 Å². The van der Waals surface area contributed by atoms with Gasteiger partial charge >= 0.3 is 0 Å². The van der Waals surface area contributed by atoms with Gasteiger partial charge in [-0.2, -0.15) is 0 Å². The van der Waals surface area contributed by atoms with E-state index in [1.165, 1.54) is 6.92 Å². The molecule has 2 rings (SSSR count). The number of benzene rings is 1. The highest BCUT2D eigenvalue weighted by molar-refractivity contribution is 5.93. The monoisotopic (exact) mass is 232 g/mol. The second kappa shape index (κ2) is 4.69. The maximum absolute atomic E-state index is 11.5. The Hall–Kier alpha value is -1.65. The van der Waals surface area contributed by atoms with Crippen LogP contribution in [0, 0.1) is 0 Å². The Kier molecular flexibility index (Phi) is 3.26. The highest BCUT2D eigenvalue weighted by atomic mass is 16.3. The standard InChI is InChI=1S/C13H16N2O2/c1-9(17)15-8-11(12(14)6-7-16)10-4-2-3-5-13(10)15/h2-5,8,12,16H,6-7,14H2,1H3/t12-/m1/s1. The molecule has 3 N–H and O–H groups in total. The minimum Gasteiger partial charge on any atom is -0.396 e. The average molecular weight is 232 g/mol. The van der Waals surface area contributed by atoms with Crippen LogP contribution >= 0.6 is 0 Å². The highest BCUT2D eigenvalue weighted by Gasteiger charge is 2.15. The quantitative estimate of drug-likeness (QED) is 0.846. The molecule has 0 spiro atoms. The van der Waals surface area contributed by atoms with E-state index < -0.39 is 0 Å². The van der Waals surface area contributed by atoms with E-state index in [0.29, 0.717) is 6.42 Å². The third kappa shape index (κ3) is 2.09. The summed E-state index contributed by atoms with van der Waals surface area (Å²) < 4.78 is 1.60. The summed E-state index contributed by atoms with van der Waals surface area (Å²) in [6, 6.07) is 7.41. The first-order valence-corrected chi connectivity index (χ1v) is 5.62. The number of fused-ring (bicyclic) bond motifs is 1. The summed E-state index contributed by atoms with van der Waals surface area (Å²) in [4.78, 5) is 11.5. The minimum atomic E-state index is -0.245. The largest absolute Gasteiger partial charge is 0.396 e. The normalized spacial score (nSPS) is 12.9. The van der Waals surface area contributed by atoms with Crippen molar-refractivity contribution in [3.05, 3.63) is 36.0 Å². The molecule has 2 aromatic rings. The highest BCUT2D eigenvalue weighted by Crippen LogP contribution is 2.26. The molecule has 1 aromatic carbocycles. The third-order valence-electron chi connectivity index (χ3n) is 2.92. The van der Waals surface area contributed by atoms with Gasteiger partial charge in [0.05, 0.1) is 5.52 Å². The van der Waals surface area contributed by atoms with Crippen molar-refractivity contribution in [3.8, 4) is 0 Å². The fourth-order valence-electron chi connectivity index (χ4n) is 2.06. The van der Waals surface area contributed by atoms with Crippen molar-refractivity contribution in [2.24, 2.45) is 5.73 Å². The molecule has 0 aliphatic rings. The SMILES string of the molecule is CC(=O)n1cc([C@H](N)CCO)c2ccccc21. The second-order valence-electron chi connectivity index (χ2n) is 4.11. The van der Waals surface area contributed by atoms with Gasteiger partial charge in [-0.15, -0.1) is 0 Å². The van der Waals surface area contributed by atoms with Crippen molar-refractivity contribution in [2.75, 3.05) is 6.61 Å². The lowest BCUT2D eigenvalue weighted by Gasteiger charge is -2.07. The van der Waals surface area contributed by atoms with Gasteiger partial charge in [-0.3, -0.25) is 9.36 Å². The molecular formula is C13H16N2O2. The number of rotatable bonds is 3. The van der Waals surface area contributed by atoms with E-state index in [0.717, 1.165) is 16.5 Å². The lowest BCUT2D eigenvalue weighted by molar-refractivity contribution is 0.0941. The molecular weight excluding hydrogens is 216 g/mol. The molecule has 1 heterocycles. The summed E-state index contributed by atoms with van der Waals surface area (Å²) in [6.07, 6.45) is 2.26. The molecule has 4 nitrogen and oxygen atoms in total. The van der Waals surface area contributed by atoms with E-state index in [2.05, 4.69) is 0 Å². The number of carbonyl (C=O) groups is 1.